The van der Waals surface area contributed by atoms with E-state index >= 15 is 0 Å². The number of nitrogens with one attached hydrogen (secondary N) is 3. The Morgan fingerprint density at radius 3 is 2.45 bits per heavy atom. The molecule has 4 heterocycles. The van der Waals surface area contributed by atoms with E-state index < -0.39 is 0 Å². The minimum atomic E-state index is 0.0721. The van der Waals surface area contributed by atoms with Crippen molar-refractivity contribution in [2.45, 2.75) is 37.9 Å². The van der Waals surface area contributed by atoms with Gasteiger partial charge in [-0.2, -0.15) is 0 Å². The van der Waals surface area contributed by atoms with Crippen LogP contribution in [0.15, 0.2) is 180 Å². The molecule has 0 amide bonds. The molecule has 6 aromatic rings. The molecule has 5 nitrogen and oxygen atoms in total. The summed E-state index contributed by atoms with van der Waals surface area (Å²) in [5.74, 6) is 0. The summed E-state index contributed by atoms with van der Waals surface area (Å²) in [6.45, 7) is 2.15. The van der Waals surface area contributed by atoms with Crippen molar-refractivity contribution in [3.05, 3.63) is 202 Å². The summed E-state index contributed by atoms with van der Waals surface area (Å²) < 4.78 is 0. The number of hydrogen-bond donors (Lipinski definition) is 4. The predicted octanol–water partition coefficient (Wildman–Crippen LogP) is 11.2. The van der Waals surface area contributed by atoms with Gasteiger partial charge in [0, 0.05) is 33.7 Å². The van der Waals surface area contributed by atoms with Gasteiger partial charge < -0.3 is 21.7 Å². The fraction of sp³-hybridized carbons (Fsp3) is 0.118. The highest BCUT2D eigenvalue weighted by Gasteiger charge is 2.31. The van der Waals surface area contributed by atoms with Crippen LogP contribution >= 0.6 is 0 Å². The third-order valence-electron chi connectivity index (χ3n) is 11.6. The second-order valence-electron chi connectivity index (χ2n) is 15.2. The van der Waals surface area contributed by atoms with Gasteiger partial charge in [0.15, 0.2) is 0 Å². The molecule has 5 N–H and O–H groups in total. The van der Waals surface area contributed by atoms with Crippen LogP contribution in [0.1, 0.15) is 48.1 Å². The van der Waals surface area contributed by atoms with Gasteiger partial charge in [0.05, 0.1) is 29.3 Å². The van der Waals surface area contributed by atoms with Crippen LogP contribution in [0.25, 0.3) is 51.1 Å². The number of anilines is 2. The molecule has 5 aromatic carbocycles. The van der Waals surface area contributed by atoms with Gasteiger partial charge in [0.2, 0.25) is 0 Å². The van der Waals surface area contributed by atoms with Gasteiger partial charge >= 0.3 is 0 Å². The monoisotopic (exact) mass is 725 g/mol. The molecule has 0 spiro atoms. The average Bonchev–Trinajstić information content (AvgIpc) is 3.26. The van der Waals surface area contributed by atoms with E-state index in [4.69, 9.17) is 10.7 Å². The van der Waals surface area contributed by atoms with Crippen LogP contribution in [-0.2, 0) is 0 Å². The molecule has 0 saturated heterocycles. The number of benzene rings is 5. The Balaban J connectivity index is 0.893. The molecule has 3 unspecified atom stereocenters. The van der Waals surface area contributed by atoms with E-state index in [9.17, 15) is 0 Å². The van der Waals surface area contributed by atoms with Gasteiger partial charge in [-0.1, -0.05) is 134 Å². The first kappa shape index (κ1) is 33.7. The molecule has 0 bridgehead atoms. The number of nitrogens with zero attached hydrogens (tertiary/aromatic N) is 1. The molecule has 1 aromatic heterocycles. The van der Waals surface area contributed by atoms with Crippen LogP contribution in [0.2, 0.25) is 0 Å². The lowest BCUT2D eigenvalue weighted by Crippen LogP contribution is -2.43. The maximum absolute atomic E-state index is 6.23. The average molecular weight is 726 g/mol. The zero-order chi connectivity index (χ0) is 37.6. The summed E-state index contributed by atoms with van der Waals surface area (Å²) in [6, 6.07) is 45.6. The molecule has 0 radical (unpaired) electrons. The van der Waals surface area contributed by atoms with Crippen molar-refractivity contribution < 1.29 is 0 Å². The van der Waals surface area contributed by atoms with Crippen molar-refractivity contribution >= 4 is 40.1 Å². The topological polar surface area (TPSA) is 75.0 Å². The molecule has 4 aliphatic rings. The first-order chi connectivity index (χ1) is 27.5. The number of aromatic nitrogens is 1. The minimum Gasteiger partial charge on any atom is -0.398 e. The molecule has 1 aliphatic carbocycles. The summed E-state index contributed by atoms with van der Waals surface area (Å²) >= 11 is 0. The zero-order valence-corrected chi connectivity index (χ0v) is 31.3. The molecule has 56 heavy (non-hydrogen) atoms. The van der Waals surface area contributed by atoms with E-state index in [1.807, 2.05) is 18.2 Å². The van der Waals surface area contributed by atoms with Crippen LogP contribution < -0.4 is 21.7 Å². The number of rotatable bonds is 6. The van der Waals surface area contributed by atoms with E-state index in [0.717, 1.165) is 79.9 Å². The van der Waals surface area contributed by atoms with Gasteiger partial charge in [-0.15, -0.1) is 0 Å². The highest BCUT2D eigenvalue weighted by Crippen LogP contribution is 2.38. The molecule has 0 fully saturated rings. The van der Waals surface area contributed by atoms with Crippen LogP contribution in [0.5, 0.6) is 0 Å². The molecule has 10 rings (SSSR count). The summed E-state index contributed by atoms with van der Waals surface area (Å²) in [5.41, 5.74) is 24.4. The first-order valence-electron chi connectivity index (χ1n) is 19.6. The number of pyridine rings is 1. The second-order valence-corrected chi connectivity index (χ2v) is 15.2. The molecule has 5 heteroatoms. The van der Waals surface area contributed by atoms with Crippen molar-refractivity contribution in [2.24, 2.45) is 0 Å². The number of dihydropyridines is 1. The maximum atomic E-state index is 6.23. The van der Waals surface area contributed by atoms with Crippen molar-refractivity contribution in [2.75, 3.05) is 11.1 Å². The Morgan fingerprint density at radius 1 is 0.714 bits per heavy atom. The van der Waals surface area contributed by atoms with Crippen molar-refractivity contribution in [3.8, 4) is 22.4 Å². The van der Waals surface area contributed by atoms with Crippen LogP contribution in [0, 0.1) is 0 Å². The Kier molecular flexibility index (Phi) is 8.48. The fourth-order valence-corrected chi connectivity index (χ4v) is 8.46. The van der Waals surface area contributed by atoms with E-state index in [2.05, 4.69) is 175 Å². The SMILES string of the molecule is C/C(=C\c1ccccc1N)C1C=Cc2ccc(-c3ccc4ccc(-c5cccc(C6=CC=C7C=CC8=C(NC(c9ccccc9)CC8)C7N6)c5)cc4n3)cc2N1. The third kappa shape index (κ3) is 6.41. The van der Waals surface area contributed by atoms with Crippen molar-refractivity contribution in [3.63, 3.8) is 0 Å². The summed E-state index contributed by atoms with van der Waals surface area (Å²) in [7, 11) is 0. The Bertz CT molecular complexity index is 2710. The molecule has 3 atom stereocenters. The Morgan fingerprint density at radius 2 is 1.54 bits per heavy atom. The van der Waals surface area contributed by atoms with Crippen LogP contribution in [0.4, 0.5) is 11.4 Å². The smallest absolute Gasteiger partial charge is 0.0917 e. The van der Waals surface area contributed by atoms with Gasteiger partial charge in [0.1, 0.15) is 0 Å². The quantitative estimate of drug-likeness (QED) is 0.129. The Hall–Kier alpha value is -6.85. The number of nitrogens with two attached hydrogens (primary N) is 1. The van der Waals surface area contributed by atoms with Crippen molar-refractivity contribution in [1.82, 2.24) is 15.6 Å². The normalized spacial score (nSPS) is 19.8. The number of nitrogen functional groups attached to an aromatic ring is 1. The van der Waals surface area contributed by atoms with E-state index in [-0.39, 0.29) is 12.1 Å². The lowest BCUT2D eigenvalue weighted by Gasteiger charge is -2.38. The van der Waals surface area contributed by atoms with E-state index in [0.29, 0.717) is 6.04 Å². The molecular weight excluding hydrogens is 683 g/mol. The minimum absolute atomic E-state index is 0.0721. The molecule has 3 aliphatic heterocycles. The lowest BCUT2D eigenvalue weighted by atomic mass is 9.84. The van der Waals surface area contributed by atoms with Crippen LogP contribution in [-0.4, -0.2) is 17.1 Å². The largest absolute Gasteiger partial charge is 0.398 e. The highest BCUT2D eigenvalue weighted by atomic mass is 15.0. The van der Waals surface area contributed by atoms with Gasteiger partial charge in [-0.05, 0) is 106 Å². The third-order valence-corrected chi connectivity index (χ3v) is 11.6. The van der Waals surface area contributed by atoms with Gasteiger partial charge in [-0.3, -0.25) is 0 Å². The van der Waals surface area contributed by atoms with Crippen molar-refractivity contribution in [1.29, 1.82) is 0 Å². The fourth-order valence-electron chi connectivity index (χ4n) is 8.46. The summed E-state index contributed by atoms with van der Waals surface area (Å²) in [6.07, 6.45) is 17.8. The van der Waals surface area contributed by atoms with Crippen LogP contribution in [0.3, 0.4) is 0 Å². The summed E-state index contributed by atoms with van der Waals surface area (Å²) in [5, 5.41) is 12.7. The standard InChI is InChI=1S/C51H43N5/c1-32(28-40-10-5-6-13-43(40)52)44-24-20-35-15-19-42(31-49(35)53-44)46-25-21-34-14-18-39(30-48(34)54-46)38-11-7-12-41(29-38)47-27-23-37-17-16-36-22-26-45(33-8-3-2-4-9-33)55-50(36)51(37)56-47/h2-21,23-25,27-31,44-45,51,53,55-56H,22,26,52H2,1H3/b32-28+. The number of fused-ring (bicyclic) bond motifs is 4. The number of hydrogen-bond acceptors (Lipinski definition) is 5. The zero-order valence-electron chi connectivity index (χ0n) is 31.3. The van der Waals surface area contributed by atoms with E-state index in [1.165, 1.54) is 28.0 Å². The first-order valence-corrected chi connectivity index (χ1v) is 19.6. The van der Waals surface area contributed by atoms with Gasteiger partial charge in [0.25, 0.3) is 0 Å². The highest BCUT2D eigenvalue weighted by molar-refractivity contribution is 5.88. The lowest BCUT2D eigenvalue weighted by molar-refractivity contribution is 0.485. The maximum Gasteiger partial charge on any atom is 0.0917 e. The summed E-state index contributed by atoms with van der Waals surface area (Å²) in [4.78, 5) is 5.20. The number of para-hydroxylation sites is 1. The molecule has 272 valence electrons. The molecular formula is C51H43N5. The van der Waals surface area contributed by atoms with Gasteiger partial charge in [-0.25, -0.2) is 4.98 Å². The number of allylic oxidation sites excluding steroid dienone is 4. The predicted molar refractivity (Wildman–Crippen MR) is 234 cm³/mol. The Labute approximate surface area is 328 Å². The second kappa shape index (κ2) is 14.1. The molecule has 0 saturated carbocycles. The van der Waals surface area contributed by atoms with E-state index in [1.54, 1.807) is 0 Å².